The van der Waals surface area contributed by atoms with E-state index in [1.165, 1.54) is 19.2 Å². The molecule has 0 amide bonds. The Labute approximate surface area is 119 Å². The summed E-state index contributed by atoms with van der Waals surface area (Å²) in [5.41, 5.74) is 0. The highest BCUT2D eigenvalue weighted by Crippen LogP contribution is 2.28. The second-order valence-electron chi connectivity index (χ2n) is 5.28. The molecule has 0 spiro atoms. The van der Waals surface area contributed by atoms with Crippen LogP contribution >= 0.6 is 0 Å². The van der Waals surface area contributed by atoms with E-state index in [4.69, 9.17) is 4.74 Å². The molecular weight excluding hydrogens is 281 g/mol. The fraction of sp³-hybridized carbons (Fsp3) is 0.571. The SMILES string of the molecule is COc1ccc(F)cc1S(=O)(=O)N[C@@H]1CCCC[C@@H]1C. The van der Waals surface area contributed by atoms with Crippen LogP contribution in [-0.2, 0) is 10.0 Å². The summed E-state index contributed by atoms with van der Waals surface area (Å²) in [5.74, 6) is -0.150. The van der Waals surface area contributed by atoms with Gasteiger partial charge in [-0.15, -0.1) is 0 Å². The van der Waals surface area contributed by atoms with Gasteiger partial charge in [-0.3, -0.25) is 0 Å². The van der Waals surface area contributed by atoms with Crippen molar-refractivity contribution in [1.82, 2.24) is 4.72 Å². The maximum absolute atomic E-state index is 13.3. The van der Waals surface area contributed by atoms with Crippen LogP contribution in [0.2, 0.25) is 0 Å². The van der Waals surface area contributed by atoms with Crippen molar-refractivity contribution >= 4 is 10.0 Å². The Balaban J connectivity index is 2.28. The van der Waals surface area contributed by atoms with Crippen molar-refractivity contribution < 1.29 is 17.5 Å². The molecule has 1 fully saturated rings. The van der Waals surface area contributed by atoms with E-state index in [2.05, 4.69) is 4.72 Å². The number of benzene rings is 1. The Morgan fingerprint density at radius 1 is 1.30 bits per heavy atom. The second-order valence-corrected chi connectivity index (χ2v) is 6.97. The predicted octanol–water partition coefficient (Wildman–Crippen LogP) is 2.69. The van der Waals surface area contributed by atoms with Crippen LogP contribution in [0.3, 0.4) is 0 Å². The maximum Gasteiger partial charge on any atom is 0.244 e. The van der Waals surface area contributed by atoms with Crippen molar-refractivity contribution in [2.24, 2.45) is 5.92 Å². The molecule has 0 unspecified atom stereocenters. The predicted molar refractivity (Wildman–Crippen MR) is 74.7 cm³/mol. The molecule has 0 heterocycles. The van der Waals surface area contributed by atoms with E-state index in [0.717, 1.165) is 31.7 Å². The van der Waals surface area contributed by atoms with Gasteiger partial charge in [-0.1, -0.05) is 19.8 Å². The first-order valence-corrected chi connectivity index (χ1v) is 8.28. The molecule has 0 radical (unpaired) electrons. The largest absolute Gasteiger partial charge is 0.495 e. The van der Waals surface area contributed by atoms with Gasteiger partial charge in [-0.25, -0.2) is 17.5 Å². The van der Waals surface area contributed by atoms with E-state index in [0.29, 0.717) is 0 Å². The topological polar surface area (TPSA) is 55.4 Å². The van der Waals surface area contributed by atoms with Crippen LogP contribution in [0.15, 0.2) is 23.1 Å². The summed E-state index contributed by atoms with van der Waals surface area (Å²) >= 11 is 0. The molecule has 0 bridgehead atoms. The number of methoxy groups -OCH3 is 1. The van der Waals surface area contributed by atoms with Gasteiger partial charge in [0.25, 0.3) is 0 Å². The molecule has 1 aromatic rings. The minimum atomic E-state index is -3.77. The van der Waals surface area contributed by atoms with Crippen LogP contribution in [0.5, 0.6) is 5.75 Å². The van der Waals surface area contributed by atoms with Crippen molar-refractivity contribution in [2.75, 3.05) is 7.11 Å². The third-order valence-electron chi connectivity index (χ3n) is 3.83. The molecule has 1 aromatic carbocycles. The van der Waals surface area contributed by atoms with E-state index < -0.39 is 15.8 Å². The molecule has 112 valence electrons. The lowest BCUT2D eigenvalue weighted by Crippen LogP contribution is -2.41. The molecule has 2 atom stereocenters. The quantitative estimate of drug-likeness (QED) is 0.930. The Hall–Kier alpha value is -1.14. The monoisotopic (exact) mass is 301 g/mol. The molecule has 20 heavy (non-hydrogen) atoms. The molecule has 1 saturated carbocycles. The van der Waals surface area contributed by atoms with Crippen molar-refractivity contribution in [3.8, 4) is 5.75 Å². The first-order chi connectivity index (χ1) is 9.44. The molecular formula is C14H20FNO3S. The number of sulfonamides is 1. The van der Waals surface area contributed by atoms with Gasteiger partial charge < -0.3 is 4.74 Å². The van der Waals surface area contributed by atoms with Crippen LogP contribution < -0.4 is 9.46 Å². The molecule has 2 rings (SSSR count). The van der Waals surface area contributed by atoms with Gasteiger partial charge in [0.15, 0.2) is 0 Å². The highest BCUT2D eigenvalue weighted by molar-refractivity contribution is 7.89. The Bertz CT molecular complexity index is 574. The molecule has 0 aromatic heterocycles. The number of rotatable bonds is 4. The number of nitrogens with one attached hydrogen (secondary N) is 1. The minimum absolute atomic E-state index is 0.0956. The van der Waals surface area contributed by atoms with Gasteiger partial charge >= 0.3 is 0 Å². The summed E-state index contributed by atoms with van der Waals surface area (Å²) in [4.78, 5) is -0.141. The number of ether oxygens (including phenoxy) is 1. The van der Waals surface area contributed by atoms with Crippen LogP contribution in [0.4, 0.5) is 4.39 Å². The van der Waals surface area contributed by atoms with Crippen molar-refractivity contribution in [3.05, 3.63) is 24.0 Å². The Kier molecular flexibility index (Phi) is 4.65. The number of hydrogen-bond donors (Lipinski definition) is 1. The zero-order valence-electron chi connectivity index (χ0n) is 11.7. The minimum Gasteiger partial charge on any atom is -0.495 e. The fourth-order valence-corrected chi connectivity index (χ4v) is 4.17. The molecule has 0 saturated heterocycles. The summed E-state index contributed by atoms with van der Waals surface area (Å²) in [6.07, 6.45) is 3.96. The summed E-state index contributed by atoms with van der Waals surface area (Å²) in [5, 5.41) is 0. The first kappa shape index (κ1) is 15.3. The normalized spacial score (nSPS) is 23.6. The average molecular weight is 301 g/mol. The van der Waals surface area contributed by atoms with Gasteiger partial charge in [-0.05, 0) is 37.0 Å². The summed E-state index contributed by atoms with van der Waals surface area (Å²) in [6, 6.07) is 3.41. The lowest BCUT2D eigenvalue weighted by Gasteiger charge is -2.29. The molecule has 4 nitrogen and oxygen atoms in total. The Morgan fingerprint density at radius 2 is 2.00 bits per heavy atom. The highest BCUT2D eigenvalue weighted by Gasteiger charge is 2.28. The highest BCUT2D eigenvalue weighted by atomic mass is 32.2. The number of hydrogen-bond acceptors (Lipinski definition) is 3. The summed E-state index contributed by atoms with van der Waals surface area (Å²) in [6.45, 7) is 2.04. The van der Waals surface area contributed by atoms with Crippen molar-refractivity contribution in [3.63, 3.8) is 0 Å². The lowest BCUT2D eigenvalue weighted by atomic mass is 9.87. The van der Waals surface area contributed by atoms with Crippen LogP contribution in [0.1, 0.15) is 32.6 Å². The van der Waals surface area contributed by atoms with Crippen LogP contribution in [0.25, 0.3) is 0 Å². The molecule has 6 heteroatoms. The van der Waals surface area contributed by atoms with Gasteiger partial charge in [0.1, 0.15) is 16.5 Å². The molecule has 1 aliphatic carbocycles. The Morgan fingerprint density at radius 3 is 2.65 bits per heavy atom. The summed E-state index contributed by atoms with van der Waals surface area (Å²) in [7, 11) is -2.40. The number of halogens is 1. The first-order valence-electron chi connectivity index (χ1n) is 6.80. The third kappa shape index (κ3) is 3.30. The van der Waals surface area contributed by atoms with Gasteiger partial charge in [0.05, 0.1) is 7.11 Å². The second kappa shape index (κ2) is 6.10. The summed E-state index contributed by atoms with van der Waals surface area (Å²) < 4.78 is 45.9. The van der Waals surface area contributed by atoms with E-state index in [1.54, 1.807) is 0 Å². The third-order valence-corrected chi connectivity index (χ3v) is 5.34. The van der Waals surface area contributed by atoms with Crippen molar-refractivity contribution in [1.29, 1.82) is 0 Å². The zero-order chi connectivity index (χ0) is 14.8. The van der Waals surface area contributed by atoms with Gasteiger partial charge in [-0.2, -0.15) is 0 Å². The van der Waals surface area contributed by atoms with E-state index >= 15 is 0 Å². The van der Waals surface area contributed by atoms with Gasteiger partial charge in [0, 0.05) is 6.04 Å². The lowest BCUT2D eigenvalue weighted by molar-refractivity contribution is 0.310. The van der Waals surface area contributed by atoms with Crippen molar-refractivity contribution in [2.45, 2.75) is 43.5 Å². The smallest absolute Gasteiger partial charge is 0.244 e. The van der Waals surface area contributed by atoms with Gasteiger partial charge in [0.2, 0.25) is 10.0 Å². The fourth-order valence-electron chi connectivity index (χ4n) is 2.61. The zero-order valence-corrected chi connectivity index (χ0v) is 12.5. The molecule has 1 N–H and O–H groups in total. The maximum atomic E-state index is 13.3. The molecule has 0 aliphatic heterocycles. The van der Waals surface area contributed by atoms with Crippen LogP contribution in [0, 0.1) is 11.7 Å². The van der Waals surface area contributed by atoms with E-state index in [1.807, 2.05) is 6.92 Å². The standard InChI is InChI=1S/C14H20FNO3S/c1-10-5-3-4-6-12(10)16-20(17,18)14-9-11(15)7-8-13(14)19-2/h7-10,12,16H,3-6H2,1-2H3/t10-,12+/m0/s1. The van der Waals surface area contributed by atoms with E-state index in [-0.39, 0.29) is 22.6 Å². The van der Waals surface area contributed by atoms with Crippen LogP contribution in [-0.4, -0.2) is 21.6 Å². The van der Waals surface area contributed by atoms with E-state index in [9.17, 15) is 12.8 Å². The molecule has 1 aliphatic rings. The average Bonchev–Trinajstić information content (AvgIpc) is 2.41.